The van der Waals surface area contributed by atoms with Gasteiger partial charge in [0, 0.05) is 26.2 Å². The summed E-state index contributed by atoms with van der Waals surface area (Å²) in [5.41, 5.74) is 0. The van der Waals surface area contributed by atoms with Gasteiger partial charge in [0.25, 0.3) is 3.79 Å². The summed E-state index contributed by atoms with van der Waals surface area (Å²) >= 11 is 17.2. The number of morpholine rings is 2. The molecule has 124 valence electrons. The highest BCUT2D eigenvalue weighted by atomic mass is 35.6. The number of ether oxygens (including phenoxy) is 2. The van der Waals surface area contributed by atoms with Crippen molar-refractivity contribution in [3.05, 3.63) is 0 Å². The van der Waals surface area contributed by atoms with Crippen molar-refractivity contribution < 1.29 is 9.47 Å². The van der Waals surface area contributed by atoms with E-state index >= 15 is 0 Å². The van der Waals surface area contributed by atoms with Crippen LogP contribution in [-0.2, 0) is 20.5 Å². The fraction of sp³-hybridized carbons (Fsp3) is 0.818. The molecule has 0 aromatic heterocycles. The molecule has 2 saturated heterocycles. The van der Waals surface area contributed by atoms with Gasteiger partial charge in [0.05, 0.1) is 26.4 Å². The molecule has 0 spiro atoms. The van der Waals surface area contributed by atoms with E-state index in [0.717, 1.165) is 26.2 Å². The highest BCUT2D eigenvalue weighted by Gasteiger charge is 2.33. The van der Waals surface area contributed by atoms with Crippen LogP contribution in [0, 0.1) is 0 Å². The summed E-state index contributed by atoms with van der Waals surface area (Å²) in [6, 6.07) is 0. The molecule has 0 radical (unpaired) electrons. The number of hydrogen-bond donors (Lipinski definition) is 0. The first-order valence-corrected chi connectivity index (χ1v) is 9.13. The quantitative estimate of drug-likeness (QED) is 0.637. The largest absolute Gasteiger partial charge is 0.379 e. The minimum absolute atomic E-state index is 0.184. The number of guanidine groups is 1. The van der Waals surface area contributed by atoms with Crippen LogP contribution in [0.3, 0.4) is 0 Å². The summed E-state index contributed by atoms with van der Waals surface area (Å²) in [5.74, 6) is 0.748. The first-order valence-electron chi connectivity index (χ1n) is 6.90. The van der Waals surface area contributed by atoms with Gasteiger partial charge in [-0.05, 0) is 0 Å². The second-order valence-electron chi connectivity index (χ2n) is 4.80. The van der Waals surface area contributed by atoms with Gasteiger partial charge in [-0.1, -0.05) is 34.8 Å². The Morgan fingerprint density at radius 3 is 2.14 bits per heavy atom. The van der Waals surface area contributed by atoms with E-state index in [4.69, 9.17) is 44.3 Å². The van der Waals surface area contributed by atoms with Crippen LogP contribution in [0.1, 0.15) is 0 Å². The maximum Gasteiger partial charge on any atom is 0.250 e. The summed E-state index contributed by atoms with van der Waals surface area (Å²) in [6.45, 7) is 5.52. The normalized spacial score (nSPS) is 28.0. The third-order valence-corrected chi connectivity index (χ3v) is 5.28. The van der Waals surface area contributed by atoms with E-state index in [-0.39, 0.29) is 5.84 Å². The molecule has 3 aliphatic heterocycles. The molecule has 3 aliphatic rings. The molecule has 0 amide bonds. The first kappa shape index (κ1) is 16.9. The molecule has 1 atom stereocenters. The van der Waals surface area contributed by atoms with Crippen molar-refractivity contribution in [3.8, 4) is 0 Å². The maximum atomic E-state index is 5.99. The van der Waals surface area contributed by atoms with Crippen LogP contribution in [0.15, 0.2) is 13.8 Å². The average Bonchev–Trinajstić information content (AvgIpc) is 2.55. The van der Waals surface area contributed by atoms with Gasteiger partial charge in [-0.25, -0.2) is 4.31 Å². The van der Waals surface area contributed by atoms with E-state index in [1.54, 1.807) is 0 Å². The molecular formula is C11H16Cl3N5O2S. The predicted octanol–water partition coefficient (Wildman–Crippen LogP) is 1.42. The standard InChI is InChI=1S/C11H16Cl3N5O2S/c12-11(13,14)9-15-10(18-1-5-20-6-2-18)17-22(16-9)19-3-7-21-8-4-19/h1-8H2. The molecular weight excluding hydrogens is 373 g/mol. The second-order valence-corrected chi connectivity index (χ2v) is 8.45. The molecule has 3 heterocycles. The number of hydrogen-bond acceptors (Lipinski definition) is 7. The smallest absolute Gasteiger partial charge is 0.250 e. The van der Waals surface area contributed by atoms with Crippen LogP contribution < -0.4 is 0 Å². The van der Waals surface area contributed by atoms with Crippen molar-refractivity contribution >= 4 is 57.7 Å². The van der Waals surface area contributed by atoms with Crippen LogP contribution >= 0.6 is 34.8 Å². The predicted molar refractivity (Wildman–Crippen MR) is 89.7 cm³/mol. The van der Waals surface area contributed by atoms with Gasteiger partial charge in [-0.3, -0.25) is 0 Å². The van der Waals surface area contributed by atoms with Crippen molar-refractivity contribution in [1.82, 2.24) is 9.21 Å². The van der Waals surface area contributed by atoms with Crippen molar-refractivity contribution in [3.63, 3.8) is 0 Å². The summed E-state index contributed by atoms with van der Waals surface area (Å²) in [6.07, 6.45) is 0. The highest BCUT2D eigenvalue weighted by molar-refractivity contribution is 7.84. The number of alkyl halides is 3. The van der Waals surface area contributed by atoms with E-state index < -0.39 is 14.9 Å². The van der Waals surface area contributed by atoms with Crippen molar-refractivity contribution in [1.29, 1.82) is 0 Å². The van der Waals surface area contributed by atoms with Crippen LogP contribution in [-0.4, -0.2) is 77.4 Å². The zero-order valence-electron chi connectivity index (χ0n) is 11.8. The van der Waals surface area contributed by atoms with E-state index in [1.165, 1.54) is 0 Å². The molecule has 1 unspecified atom stereocenters. The number of nitrogens with zero attached hydrogens (tertiary/aromatic N) is 5. The third kappa shape index (κ3) is 4.11. The van der Waals surface area contributed by atoms with Gasteiger partial charge in [0.15, 0.2) is 5.84 Å². The van der Waals surface area contributed by atoms with Crippen LogP contribution in [0.25, 0.3) is 0 Å². The molecule has 11 heteroatoms. The molecule has 0 aliphatic carbocycles. The highest BCUT2D eigenvalue weighted by Crippen LogP contribution is 2.31. The van der Waals surface area contributed by atoms with Crippen molar-refractivity contribution in [2.75, 3.05) is 52.6 Å². The van der Waals surface area contributed by atoms with E-state index in [0.29, 0.717) is 32.4 Å². The van der Waals surface area contributed by atoms with E-state index in [1.807, 2.05) is 4.90 Å². The summed E-state index contributed by atoms with van der Waals surface area (Å²) in [5, 5.41) is 0. The van der Waals surface area contributed by atoms with Gasteiger partial charge in [-0.15, -0.1) is 0 Å². The Morgan fingerprint density at radius 2 is 1.55 bits per heavy atom. The Hall–Kier alpha value is 0.0400. The number of aliphatic imine (C=N–C) groups is 1. The molecule has 0 saturated carbocycles. The Balaban J connectivity index is 1.88. The Morgan fingerprint density at radius 1 is 0.955 bits per heavy atom. The van der Waals surface area contributed by atoms with Gasteiger partial charge in [-0.2, -0.15) is 13.8 Å². The van der Waals surface area contributed by atoms with Crippen LogP contribution in [0.4, 0.5) is 0 Å². The lowest BCUT2D eigenvalue weighted by atomic mass is 10.4. The lowest BCUT2D eigenvalue weighted by molar-refractivity contribution is 0.0675. The number of halogens is 3. The summed E-state index contributed by atoms with van der Waals surface area (Å²) in [7, 11) is 0. The fourth-order valence-electron chi connectivity index (χ4n) is 2.14. The molecule has 0 aromatic rings. The molecule has 0 bridgehead atoms. The van der Waals surface area contributed by atoms with Crippen LogP contribution in [0.5, 0.6) is 0 Å². The first-order chi connectivity index (χ1) is 10.5. The molecule has 22 heavy (non-hydrogen) atoms. The lowest BCUT2D eigenvalue weighted by Crippen LogP contribution is -2.44. The van der Waals surface area contributed by atoms with E-state index in [9.17, 15) is 0 Å². The number of rotatable bonds is 1. The minimum Gasteiger partial charge on any atom is -0.379 e. The van der Waals surface area contributed by atoms with Gasteiger partial charge in [0.1, 0.15) is 11.1 Å². The Labute approximate surface area is 146 Å². The zero-order valence-corrected chi connectivity index (χ0v) is 14.8. The summed E-state index contributed by atoms with van der Waals surface area (Å²) < 4.78 is 20.3. The SMILES string of the molecule is ClC(Cl)(Cl)C1=NC(N2CCOCC2)=NS(N2CCOCC2)=N1. The zero-order chi connectivity index (χ0) is 15.6. The molecule has 7 nitrogen and oxygen atoms in total. The van der Waals surface area contributed by atoms with Gasteiger partial charge < -0.3 is 14.4 Å². The Bertz CT molecular complexity index is 492. The molecule has 3 rings (SSSR count). The average molecular weight is 389 g/mol. The van der Waals surface area contributed by atoms with Crippen molar-refractivity contribution in [2.45, 2.75) is 3.79 Å². The topological polar surface area (TPSA) is 62.0 Å². The third-order valence-electron chi connectivity index (χ3n) is 3.29. The molecule has 0 aromatic carbocycles. The fourth-order valence-corrected chi connectivity index (χ4v) is 3.92. The van der Waals surface area contributed by atoms with E-state index in [2.05, 4.69) is 18.1 Å². The van der Waals surface area contributed by atoms with Crippen molar-refractivity contribution in [2.24, 2.45) is 13.8 Å². The van der Waals surface area contributed by atoms with Crippen LogP contribution in [0.2, 0.25) is 0 Å². The molecule has 0 N–H and O–H groups in total. The van der Waals surface area contributed by atoms with Gasteiger partial charge >= 0.3 is 0 Å². The maximum absolute atomic E-state index is 5.99. The second kappa shape index (κ2) is 7.29. The monoisotopic (exact) mass is 387 g/mol. The summed E-state index contributed by atoms with van der Waals surface area (Å²) in [4.78, 5) is 6.38. The van der Waals surface area contributed by atoms with Gasteiger partial charge in [0.2, 0.25) is 5.96 Å². The molecule has 2 fully saturated rings. The lowest BCUT2D eigenvalue weighted by Gasteiger charge is -2.32. The Kier molecular flexibility index (Phi) is 5.60. The number of amidine groups is 1. The minimum atomic E-state index is -1.66.